The van der Waals surface area contributed by atoms with Crippen LogP contribution in [-0.2, 0) is 0 Å². The minimum Gasteiger partial charge on any atom is -0.398 e. The SMILES string of the molecule is CCC(c1ccccc1N)C1CCCCC1. The first-order valence-corrected chi connectivity index (χ1v) is 6.67. The molecule has 1 heteroatoms. The van der Waals surface area contributed by atoms with Gasteiger partial charge in [0.2, 0.25) is 0 Å². The van der Waals surface area contributed by atoms with Crippen molar-refractivity contribution < 1.29 is 0 Å². The van der Waals surface area contributed by atoms with Crippen molar-refractivity contribution in [3.63, 3.8) is 0 Å². The Kier molecular flexibility index (Phi) is 3.87. The van der Waals surface area contributed by atoms with Crippen LogP contribution in [0, 0.1) is 5.92 Å². The fourth-order valence-electron chi connectivity index (χ4n) is 3.19. The molecular formula is C15H23N. The predicted molar refractivity (Wildman–Crippen MR) is 70.5 cm³/mol. The number of hydrogen-bond donors (Lipinski definition) is 1. The van der Waals surface area contributed by atoms with Crippen LogP contribution in [0.1, 0.15) is 56.9 Å². The van der Waals surface area contributed by atoms with Gasteiger partial charge in [-0.15, -0.1) is 0 Å². The first-order chi connectivity index (χ1) is 7.83. The monoisotopic (exact) mass is 217 g/mol. The number of benzene rings is 1. The summed E-state index contributed by atoms with van der Waals surface area (Å²) in [4.78, 5) is 0. The number of rotatable bonds is 3. The summed E-state index contributed by atoms with van der Waals surface area (Å²) >= 11 is 0. The number of hydrogen-bond acceptors (Lipinski definition) is 1. The van der Waals surface area contributed by atoms with Crippen molar-refractivity contribution >= 4 is 5.69 Å². The summed E-state index contributed by atoms with van der Waals surface area (Å²) in [6.45, 7) is 2.30. The quantitative estimate of drug-likeness (QED) is 0.749. The van der Waals surface area contributed by atoms with E-state index >= 15 is 0 Å². The van der Waals surface area contributed by atoms with Crippen LogP contribution in [0.15, 0.2) is 24.3 Å². The van der Waals surface area contributed by atoms with Gasteiger partial charge in [-0.3, -0.25) is 0 Å². The van der Waals surface area contributed by atoms with Crippen LogP contribution in [0.3, 0.4) is 0 Å². The topological polar surface area (TPSA) is 26.0 Å². The molecule has 1 atom stereocenters. The third-order valence-corrected chi connectivity index (χ3v) is 4.05. The third kappa shape index (κ3) is 2.40. The molecule has 1 aromatic carbocycles. The molecule has 0 spiro atoms. The predicted octanol–water partition coefficient (Wildman–Crippen LogP) is 4.34. The summed E-state index contributed by atoms with van der Waals surface area (Å²) < 4.78 is 0. The number of nitrogen functional groups attached to an aromatic ring is 1. The van der Waals surface area contributed by atoms with Crippen LogP contribution < -0.4 is 5.73 Å². The van der Waals surface area contributed by atoms with Gasteiger partial charge in [-0.1, -0.05) is 44.4 Å². The zero-order valence-corrected chi connectivity index (χ0v) is 10.3. The molecule has 2 rings (SSSR count). The number of nitrogens with two attached hydrogens (primary N) is 1. The molecule has 16 heavy (non-hydrogen) atoms. The molecule has 1 aliphatic rings. The van der Waals surface area contributed by atoms with Gasteiger partial charge in [-0.25, -0.2) is 0 Å². The summed E-state index contributed by atoms with van der Waals surface area (Å²) in [6, 6.07) is 8.42. The summed E-state index contributed by atoms with van der Waals surface area (Å²) in [5, 5.41) is 0. The Morgan fingerprint density at radius 1 is 1.19 bits per heavy atom. The zero-order valence-electron chi connectivity index (χ0n) is 10.3. The molecule has 88 valence electrons. The van der Waals surface area contributed by atoms with Crippen LogP contribution in [0.25, 0.3) is 0 Å². The minimum absolute atomic E-state index is 0.682. The highest BCUT2D eigenvalue weighted by Gasteiger charge is 2.24. The molecular weight excluding hydrogens is 194 g/mol. The smallest absolute Gasteiger partial charge is 0.0349 e. The molecule has 2 N–H and O–H groups in total. The first-order valence-electron chi connectivity index (χ1n) is 6.67. The Morgan fingerprint density at radius 2 is 1.88 bits per heavy atom. The maximum atomic E-state index is 6.10. The third-order valence-electron chi connectivity index (χ3n) is 4.05. The second kappa shape index (κ2) is 5.38. The lowest BCUT2D eigenvalue weighted by molar-refractivity contribution is 0.299. The van der Waals surface area contributed by atoms with Crippen molar-refractivity contribution in [2.45, 2.75) is 51.4 Å². The molecule has 0 radical (unpaired) electrons. The number of anilines is 1. The van der Waals surface area contributed by atoms with Crippen LogP contribution >= 0.6 is 0 Å². The molecule has 0 heterocycles. The Bertz CT molecular complexity index is 326. The van der Waals surface area contributed by atoms with Gasteiger partial charge in [-0.05, 0) is 42.7 Å². The van der Waals surface area contributed by atoms with E-state index in [0.29, 0.717) is 5.92 Å². The zero-order chi connectivity index (χ0) is 11.4. The van der Waals surface area contributed by atoms with E-state index in [1.54, 1.807) is 0 Å². The molecule has 0 aromatic heterocycles. The summed E-state index contributed by atoms with van der Waals surface area (Å²) in [5.74, 6) is 1.55. The van der Waals surface area contributed by atoms with Gasteiger partial charge < -0.3 is 5.73 Å². The summed E-state index contributed by atoms with van der Waals surface area (Å²) in [6.07, 6.45) is 8.26. The lowest BCUT2D eigenvalue weighted by Crippen LogP contribution is -2.17. The van der Waals surface area contributed by atoms with Crippen LogP contribution in [0.4, 0.5) is 5.69 Å². The largest absolute Gasteiger partial charge is 0.398 e. The second-order valence-corrected chi connectivity index (χ2v) is 5.04. The fourth-order valence-corrected chi connectivity index (χ4v) is 3.19. The Morgan fingerprint density at radius 3 is 2.50 bits per heavy atom. The van der Waals surface area contributed by atoms with E-state index in [2.05, 4.69) is 19.1 Å². The average Bonchev–Trinajstić information content (AvgIpc) is 2.34. The molecule has 1 fully saturated rings. The molecule has 1 saturated carbocycles. The van der Waals surface area contributed by atoms with Gasteiger partial charge in [-0.2, -0.15) is 0 Å². The molecule has 0 amide bonds. The molecule has 1 unspecified atom stereocenters. The van der Waals surface area contributed by atoms with E-state index in [1.165, 1.54) is 44.1 Å². The van der Waals surface area contributed by atoms with E-state index < -0.39 is 0 Å². The Labute approximate surface area is 99.0 Å². The van der Waals surface area contributed by atoms with Crippen LogP contribution in [0.5, 0.6) is 0 Å². The normalized spacial score (nSPS) is 19.6. The number of para-hydroxylation sites is 1. The van der Waals surface area contributed by atoms with Crippen molar-refractivity contribution in [1.82, 2.24) is 0 Å². The lowest BCUT2D eigenvalue weighted by atomic mass is 9.75. The van der Waals surface area contributed by atoms with Gasteiger partial charge in [0.25, 0.3) is 0 Å². The second-order valence-electron chi connectivity index (χ2n) is 5.04. The molecule has 1 nitrogen and oxygen atoms in total. The first kappa shape index (κ1) is 11.5. The van der Waals surface area contributed by atoms with Crippen molar-refractivity contribution in [3.8, 4) is 0 Å². The molecule has 1 aliphatic carbocycles. The van der Waals surface area contributed by atoms with E-state index in [9.17, 15) is 0 Å². The molecule has 0 bridgehead atoms. The van der Waals surface area contributed by atoms with Gasteiger partial charge in [0.05, 0.1) is 0 Å². The Balaban J connectivity index is 2.18. The van der Waals surface area contributed by atoms with E-state index in [-0.39, 0.29) is 0 Å². The standard InChI is InChI=1S/C15H23N/c1-2-13(12-8-4-3-5-9-12)14-10-6-7-11-15(14)16/h6-7,10-13H,2-5,8-9,16H2,1H3. The highest BCUT2D eigenvalue weighted by Crippen LogP contribution is 2.39. The van der Waals surface area contributed by atoms with Gasteiger partial charge >= 0.3 is 0 Å². The van der Waals surface area contributed by atoms with Crippen molar-refractivity contribution in [2.75, 3.05) is 5.73 Å². The van der Waals surface area contributed by atoms with Crippen molar-refractivity contribution in [3.05, 3.63) is 29.8 Å². The summed E-state index contributed by atoms with van der Waals surface area (Å²) in [5.41, 5.74) is 8.48. The van der Waals surface area contributed by atoms with Gasteiger partial charge in [0, 0.05) is 5.69 Å². The van der Waals surface area contributed by atoms with E-state index in [4.69, 9.17) is 5.73 Å². The minimum atomic E-state index is 0.682. The van der Waals surface area contributed by atoms with Crippen molar-refractivity contribution in [2.24, 2.45) is 5.92 Å². The molecule has 0 aliphatic heterocycles. The summed E-state index contributed by atoms with van der Waals surface area (Å²) in [7, 11) is 0. The maximum Gasteiger partial charge on any atom is 0.0349 e. The van der Waals surface area contributed by atoms with E-state index in [0.717, 1.165) is 11.6 Å². The van der Waals surface area contributed by atoms with Gasteiger partial charge in [0.1, 0.15) is 0 Å². The lowest BCUT2D eigenvalue weighted by Gasteiger charge is -2.30. The van der Waals surface area contributed by atoms with Gasteiger partial charge in [0.15, 0.2) is 0 Å². The highest BCUT2D eigenvalue weighted by atomic mass is 14.6. The van der Waals surface area contributed by atoms with Crippen molar-refractivity contribution in [1.29, 1.82) is 0 Å². The van der Waals surface area contributed by atoms with Crippen LogP contribution in [-0.4, -0.2) is 0 Å². The fraction of sp³-hybridized carbons (Fsp3) is 0.600. The maximum absolute atomic E-state index is 6.10. The van der Waals surface area contributed by atoms with Crippen LogP contribution in [0.2, 0.25) is 0 Å². The Hall–Kier alpha value is -0.980. The average molecular weight is 217 g/mol. The van der Waals surface area contributed by atoms with E-state index in [1.807, 2.05) is 12.1 Å². The highest BCUT2D eigenvalue weighted by molar-refractivity contribution is 5.48. The molecule has 0 saturated heterocycles. The molecule has 1 aromatic rings.